The van der Waals surface area contributed by atoms with Gasteiger partial charge in [0.2, 0.25) is 5.88 Å². The zero-order valence-corrected chi connectivity index (χ0v) is 18.5. The molecule has 0 N–H and O–H groups in total. The summed E-state index contributed by atoms with van der Waals surface area (Å²) >= 11 is 0. The number of pyridine rings is 1. The lowest BCUT2D eigenvalue weighted by molar-refractivity contribution is 0.0730. The molecule has 0 bridgehead atoms. The van der Waals surface area contributed by atoms with Crippen LogP contribution in [0.25, 0.3) is 0 Å². The summed E-state index contributed by atoms with van der Waals surface area (Å²) in [6.45, 7) is 13.1. The Hall–Kier alpha value is -2.74. The van der Waals surface area contributed by atoms with Gasteiger partial charge in [-0.2, -0.15) is 0 Å². The first-order valence-corrected chi connectivity index (χ1v) is 10.5. The van der Waals surface area contributed by atoms with E-state index in [0.717, 1.165) is 54.5 Å². The van der Waals surface area contributed by atoms with Crippen LogP contribution in [0.15, 0.2) is 12.4 Å². The fraction of sp³-hybridized carbons (Fsp3) is 0.545. The molecule has 0 atom stereocenters. The van der Waals surface area contributed by atoms with E-state index in [1.807, 2.05) is 31.7 Å². The van der Waals surface area contributed by atoms with Gasteiger partial charge in [0, 0.05) is 55.6 Å². The average molecular weight is 411 g/mol. The number of carbonyl (C=O) groups is 1. The summed E-state index contributed by atoms with van der Waals surface area (Å²) in [5.41, 5.74) is 4.66. The number of amides is 1. The van der Waals surface area contributed by atoms with Gasteiger partial charge in [-0.15, -0.1) is 0 Å². The quantitative estimate of drug-likeness (QED) is 0.748. The Bertz CT molecular complexity index is 953. The molecule has 30 heavy (non-hydrogen) atoms. The van der Waals surface area contributed by atoms with Crippen LogP contribution in [0.4, 0.5) is 5.82 Å². The average Bonchev–Trinajstić information content (AvgIpc) is 3.06. The molecule has 8 nitrogen and oxygen atoms in total. The number of carbonyl (C=O) groups excluding carboxylic acids is 1. The first-order chi connectivity index (χ1) is 14.4. The lowest BCUT2D eigenvalue weighted by Crippen LogP contribution is -2.46. The van der Waals surface area contributed by atoms with E-state index in [9.17, 15) is 4.79 Å². The Balaban J connectivity index is 1.47. The number of aryl methyl sites for hydroxylation is 1. The highest BCUT2D eigenvalue weighted by molar-refractivity contribution is 5.98. The molecule has 0 aliphatic carbocycles. The highest BCUT2D eigenvalue weighted by Gasteiger charge is 2.32. The van der Waals surface area contributed by atoms with Crippen LogP contribution < -0.4 is 9.64 Å². The molecule has 2 aliphatic heterocycles. The van der Waals surface area contributed by atoms with Crippen molar-refractivity contribution in [3.63, 3.8) is 0 Å². The fourth-order valence-corrected chi connectivity index (χ4v) is 4.18. The number of nitrogens with zero attached hydrogens (tertiary/aromatic N) is 6. The van der Waals surface area contributed by atoms with Gasteiger partial charge >= 0.3 is 0 Å². The largest absolute Gasteiger partial charge is 0.481 e. The van der Waals surface area contributed by atoms with E-state index >= 15 is 0 Å². The molecule has 0 radical (unpaired) electrons. The SMILES string of the molecule is COc1nc2c(cc1CN1CCN(c3ncnc(C)c3C)CC1)C(=O)N(C(C)C)C2. The highest BCUT2D eigenvalue weighted by atomic mass is 16.5. The molecule has 4 rings (SSSR count). The summed E-state index contributed by atoms with van der Waals surface area (Å²) in [4.78, 5) is 32.7. The van der Waals surface area contributed by atoms with E-state index in [0.29, 0.717) is 24.5 Å². The maximum atomic E-state index is 12.8. The number of aromatic nitrogens is 3. The molecule has 2 aromatic rings. The summed E-state index contributed by atoms with van der Waals surface area (Å²) in [5.74, 6) is 1.71. The van der Waals surface area contributed by atoms with Crippen LogP contribution in [0, 0.1) is 13.8 Å². The summed E-state index contributed by atoms with van der Waals surface area (Å²) in [6, 6.07) is 2.14. The molecule has 2 aromatic heterocycles. The van der Waals surface area contributed by atoms with Crippen molar-refractivity contribution in [1.29, 1.82) is 0 Å². The van der Waals surface area contributed by atoms with Crippen LogP contribution in [0.3, 0.4) is 0 Å². The van der Waals surface area contributed by atoms with Gasteiger partial charge in [0.1, 0.15) is 12.1 Å². The van der Waals surface area contributed by atoms with Crippen LogP contribution in [-0.2, 0) is 13.1 Å². The first kappa shape index (κ1) is 20.5. The van der Waals surface area contributed by atoms with Crippen molar-refractivity contribution in [2.75, 3.05) is 38.2 Å². The van der Waals surface area contributed by atoms with Gasteiger partial charge < -0.3 is 14.5 Å². The molecule has 1 saturated heterocycles. The standard InChI is InChI=1S/C22H30N6O2/c1-14(2)28-12-19-18(22(28)29)10-17(21(25-19)30-5)11-26-6-8-27(9-7-26)20-15(3)16(4)23-13-24-20/h10,13-14H,6-9,11-12H2,1-5H3. The van der Waals surface area contributed by atoms with Crippen molar-refractivity contribution in [2.45, 2.75) is 46.8 Å². The lowest BCUT2D eigenvalue weighted by Gasteiger charge is -2.36. The van der Waals surface area contributed by atoms with E-state index in [1.165, 1.54) is 0 Å². The Labute approximate surface area is 177 Å². The maximum Gasteiger partial charge on any atom is 0.256 e. The third-order valence-corrected chi connectivity index (χ3v) is 6.14. The second-order valence-corrected chi connectivity index (χ2v) is 8.35. The minimum absolute atomic E-state index is 0.0656. The normalized spacial score (nSPS) is 17.1. The molecule has 4 heterocycles. The Morgan fingerprint density at radius 2 is 1.87 bits per heavy atom. The lowest BCUT2D eigenvalue weighted by atomic mass is 10.1. The van der Waals surface area contributed by atoms with Gasteiger partial charge in [-0.05, 0) is 33.8 Å². The van der Waals surface area contributed by atoms with Crippen molar-refractivity contribution in [2.24, 2.45) is 0 Å². The van der Waals surface area contributed by atoms with Crippen molar-refractivity contribution >= 4 is 11.7 Å². The monoisotopic (exact) mass is 410 g/mol. The summed E-state index contributed by atoms with van der Waals surface area (Å²) in [6.07, 6.45) is 1.64. The van der Waals surface area contributed by atoms with Crippen LogP contribution in [0.5, 0.6) is 5.88 Å². The van der Waals surface area contributed by atoms with Gasteiger partial charge in [0.15, 0.2) is 0 Å². The molecule has 1 fully saturated rings. The van der Waals surface area contributed by atoms with E-state index < -0.39 is 0 Å². The highest BCUT2D eigenvalue weighted by Crippen LogP contribution is 2.29. The van der Waals surface area contributed by atoms with Gasteiger partial charge in [-0.25, -0.2) is 15.0 Å². The third kappa shape index (κ3) is 3.71. The van der Waals surface area contributed by atoms with Gasteiger partial charge in [0.25, 0.3) is 5.91 Å². The minimum atomic E-state index is 0.0656. The summed E-state index contributed by atoms with van der Waals surface area (Å²) in [5, 5.41) is 0. The molecule has 0 saturated carbocycles. The first-order valence-electron chi connectivity index (χ1n) is 10.5. The number of ether oxygens (including phenoxy) is 1. The minimum Gasteiger partial charge on any atom is -0.481 e. The summed E-state index contributed by atoms with van der Waals surface area (Å²) < 4.78 is 5.57. The number of anilines is 1. The number of hydrogen-bond donors (Lipinski definition) is 0. The maximum absolute atomic E-state index is 12.8. The Kier molecular flexibility index (Phi) is 5.60. The number of methoxy groups -OCH3 is 1. The fourth-order valence-electron chi connectivity index (χ4n) is 4.18. The number of fused-ring (bicyclic) bond motifs is 1. The predicted octanol–water partition coefficient (Wildman–Crippen LogP) is 2.18. The van der Waals surface area contributed by atoms with Gasteiger partial charge in [0.05, 0.1) is 24.9 Å². The van der Waals surface area contributed by atoms with E-state index in [2.05, 4.69) is 31.7 Å². The van der Waals surface area contributed by atoms with Crippen LogP contribution in [0.1, 0.15) is 46.7 Å². The zero-order chi connectivity index (χ0) is 21.4. The number of piperazine rings is 1. The molecule has 0 aromatic carbocycles. The third-order valence-electron chi connectivity index (χ3n) is 6.14. The van der Waals surface area contributed by atoms with E-state index in [4.69, 9.17) is 4.74 Å². The van der Waals surface area contributed by atoms with Crippen LogP contribution in [-0.4, -0.2) is 70.0 Å². The molecule has 2 aliphatic rings. The Morgan fingerprint density at radius 3 is 2.53 bits per heavy atom. The molecule has 0 unspecified atom stereocenters. The molecule has 0 spiro atoms. The number of hydrogen-bond acceptors (Lipinski definition) is 7. The second-order valence-electron chi connectivity index (χ2n) is 8.35. The van der Waals surface area contributed by atoms with Crippen molar-refractivity contribution in [1.82, 2.24) is 24.8 Å². The number of rotatable bonds is 5. The summed E-state index contributed by atoms with van der Waals surface area (Å²) in [7, 11) is 1.65. The Morgan fingerprint density at radius 1 is 1.13 bits per heavy atom. The molecular formula is C22H30N6O2. The predicted molar refractivity (Wildman–Crippen MR) is 115 cm³/mol. The zero-order valence-electron chi connectivity index (χ0n) is 18.5. The van der Waals surface area contributed by atoms with Crippen molar-refractivity contribution in [3.8, 4) is 5.88 Å². The van der Waals surface area contributed by atoms with Crippen LogP contribution >= 0.6 is 0 Å². The van der Waals surface area contributed by atoms with E-state index in [1.54, 1.807) is 13.4 Å². The van der Waals surface area contributed by atoms with Gasteiger partial charge in [-0.1, -0.05) is 0 Å². The topological polar surface area (TPSA) is 74.7 Å². The molecule has 1 amide bonds. The smallest absolute Gasteiger partial charge is 0.256 e. The van der Waals surface area contributed by atoms with Crippen molar-refractivity contribution < 1.29 is 9.53 Å². The van der Waals surface area contributed by atoms with Crippen molar-refractivity contribution in [3.05, 3.63) is 40.5 Å². The van der Waals surface area contributed by atoms with Crippen LogP contribution in [0.2, 0.25) is 0 Å². The second kappa shape index (κ2) is 8.18. The molecule has 160 valence electrons. The molecule has 8 heteroatoms. The van der Waals surface area contributed by atoms with E-state index in [-0.39, 0.29) is 11.9 Å². The molecular weight excluding hydrogens is 380 g/mol. The van der Waals surface area contributed by atoms with Gasteiger partial charge in [-0.3, -0.25) is 9.69 Å².